The maximum Gasteiger partial charge on any atom is 0.306 e. The first kappa shape index (κ1) is 14.7. The van der Waals surface area contributed by atoms with Crippen molar-refractivity contribution in [2.75, 3.05) is 31.8 Å². The second-order valence-corrected chi connectivity index (χ2v) is 7.42. The number of hydrogen-bond acceptors (Lipinski definition) is 5. The van der Waals surface area contributed by atoms with Gasteiger partial charge in [-0.05, 0) is 36.3 Å². The van der Waals surface area contributed by atoms with Crippen molar-refractivity contribution in [3.8, 4) is 0 Å². The topological polar surface area (TPSA) is 44.8 Å². The molecule has 114 valence electrons. The lowest BCUT2D eigenvalue weighted by atomic mass is 10.0. The smallest absolute Gasteiger partial charge is 0.306 e. The highest BCUT2D eigenvalue weighted by atomic mass is 32.2. The molecule has 4 nitrogen and oxygen atoms in total. The zero-order chi connectivity index (χ0) is 14.0. The number of ether oxygens (including phenoxy) is 3. The van der Waals surface area contributed by atoms with Crippen molar-refractivity contribution in [2.24, 2.45) is 17.8 Å². The Morgan fingerprint density at radius 2 is 1.90 bits per heavy atom. The van der Waals surface area contributed by atoms with Crippen LogP contribution in [0, 0.1) is 17.8 Å². The molecule has 20 heavy (non-hydrogen) atoms. The first-order valence-electron chi connectivity index (χ1n) is 7.63. The van der Waals surface area contributed by atoms with E-state index < -0.39 is 0 Å². The van der Waals surface area contributed by atoms with E-state index in [-0.39, 0.29) is 11.8 Å². The maximum atomic E-state index is 11.0. The summed E-state index contributed by atoms with van der Waals surface area (Å²) in [4.78, 5) is 11.0. The van der Waals surface area contributed by atoms with Gasteiger partial charge in [0.05, 0.1) is 26.7 Å². The summed E-state index contributed by atoms with van der Waals surface area (Å²) in [6.45, 7) is 1.54. The standard InChI is InChI=1S/C15H24O4S/c1-17-14(16)2-5-20-10-11-6-12-8-15(9-13(12)7-11)18-3-4-19-15/h11-13H,2-10H2,1H3/t11?,12-,13+. The summed E-state index contributed by atoms with van der Waals surface area (Å²) >= 11 is 1.89. The Bertz CT molecular complexity index is 338. The summed E-state index contributed by atoms with van der Waals surface area (Å²) in [6, 6.07) is 0. The summed E-state index contributed by atoms with van der Waals surface area (Å²) in [5, 5.41) is 0. The van der Waals surface area contributed by atoms with E-state index in [4.69, 9.17) is 9.47 Å². The Balaban J connectivity index is 1.36. The van der Waals surface area contributed by atoms with Crippen molar-refractivity contribution in [1.29, 1.82) is 0 Å². The fourth-order valence-corrected chi connectivity index (χ4v) is 5.18. The van der Waals surface area contributed by atoms with Gasteiger partial charge in [-0.3, -0.25) is 4.79 Å². The van der Waals surface area contributed by atoms with E-state index in [2.05, 4.69) is 4.74 Å². The normalized spacial score (nSPS) is 34.5. The Kier molecular flexibility index (Phi) is 4.58. The first-order chi connectivity index (χ1) is 9.71. The average Bonchev–Trinajstić information content (AvgIpc) is 3.10. The molecule has 1 spiro atoms. The predicted octanol–water partition coefficient (Wildman–Crippen LogP) is 2.46. The molecule has 0 amide bonds. The number of fused-ring (bicyclic) bond motifs is 1. The minimum absolute atomic E-state index is 0.0988. The lowest BCUT2D eigenvalue weighted by Crippen LogP contribution is -2.27. The summed E-state index contributed by atoms with van der Waals surface area (Å²) in [5.74, 6) is 4.15. The predicted molar refractivity (Wildman–Crippen MR) is 77.5 cm³/mol. The Morgan fingerprint density at radius 1 is 1.25 bits per heavy atom. The number of hydrogen-bond donors (Lipinski definition) is 0. The molecule has 0 bridgehead atoms. The van der Waals surface area contributed by atoms with Crippen LogP contribution in [-0.4, -0.2) is 43.6 Å². The first-order valence-corrected chi connectivity index (χ1v) is 8.79. The quantitative estimate of drug-likeness (QED) is 0.576. The zero-order valence-electron chi connectivity index (χ0n) is 12.1. The van der Waals surface area contributed by atoms with Crippen LogP contribution in [0.15, 0.2) is 0 Å². The van der Waals surface area contributed by atoms with Crippen molar-refractivity contribution in [2.45, 2.75) is 37.9 Å². The van der Waals surface area contributed by atoms with Crippen LogP contribution in [0.5, 0.6) is 0 Å². The number of esters is 1. The van der Waals surface area contributed by atoms with Gasteiger partial charge in [0.1, 0.15) is 0 Å². The fourth-order valence-electron chi connectivity index (χ4n) is 4.10. The van der Waals surface area contributed by atoms with Crippen LogP contribution < -0.4 is 0 Å². The monoisotopic (exact) mass is 300 g/mol. The molecule has 3 atom stereocenters. The molecule has 1 saturated heterocycles. The summed E-state index contributed by atoms with van der Waals surface area (Å²) in [5.41, 5.74) is 0. The van der Waals surface area contributed by atoms with Crippen LogP contribution in [0.3, 0.4) is 0 Å². The largest absolute Gasteiger partial charge is 0.469 e. The van der Waals surface area contributed by atoms with Crippen LogP contribution >= 0.6 is 11.8 Å². The summed E-state index contributed by atoms with van der Waals surface area (Å²) in [7, 11) is 1.45. The van der Waals surface area contributed by atoms with Gasteiger partial charge < -0.3 is 14.2 Å². The molecule has 0 aromatic carbocycles. The average molecular weight is 300 g/mol. The molecule has 0 aromatic rings. The highest BCUT2D eigenvalue weighted by molar-refractivity contribution is 7.99. The third-order valence-corrected chi connectivity index (χ3v) is 6.13. The van der Waals surface area contributed by atoms with Crippen molar-refractivity contribution in [3.63, 3.8) is 0 Å². The maximum absolute atomic E-state index is 11.0. The minimum atomic E-state index is -0.210. The van der Waals surface area contributed by atoms with E-state index in [1.54, 1.807) is 0 Å². The van der Waals surface area contributed by atoms with Crippen molar-refractivity contribution in [3.05, 3.63) is 0 Å². The summed E-state index contributed by atoms with van der Waals surface area (Å²) < 4.78 is 16.3. The molecule has 3 aliphatic rings. The van der Waals surface area contributed by atoms with Crippen molar-refractivity contribution >= 4 is 17.7 Å². The van der Waals surface area contributed by atoms with Gasteiger partial charge >= 0.3 is 5.97 Å². The molecule has 0 N–H and O–H groups in total. The molecule has 2 saturated carbocycles. The van der Waals surface area contributed by atoms with Crippen LogP contribution in [-0.2, 0) is 19.0 Å². The lowest BCUT2D eigenvalue weighted by Gasteiger charge is -2.23. The second kappa shape index (κ2) is 6.24. The number of thioether (sulfide) groups is 1. The highest BCUT2D eigenvalue weighted by Crippen LogP contribution is 2.54. The Labute approximate surface area is 124 Å². The van der Waals surface area contributed by atoms with Crippen LogP contribution in [0.4, 0.5) is 0 Å². The molecule has 2 aliphatic carbocycles. The van der Waals surface area contributed by atoms with E-state index in [1.807, 2.05) is 11.8 Å². The lowest BCUT2D eigenvalue weighted by molar-refractivity contribution is -0.155. The Morgan fingerprint density at radius 3 is 2.50 bits per heavy atom. The van der Waals surface area contributed by atoms with Gasteiger partial charge in [0.15, 0.2) is 5.79 Å². The third-order valence-electron chi connectivity index (χ3n) is 4.93. The van der Waals surface area contributed by atoms with E-state index >= 15 is 0 Å². The molecule has 0 radical (unpaired) electrons. The SMILES string of the molecule is COC(=O)CCSCC1C[C@@H]2CC3(C[C@@H]2C1)OCCO3. The van der Waals surface area contributed by atoms with E-state index in [1.165, 1.54) is 25.7 Å². The van der Waals surface area contributed by atoms with Gasteiger partial charge in [0.2, 0.25) is 0 Å². The molecule has 3 rings (SSSR count). The second-order valence-electron chi connectivity index (χ2n) is 6.27. The van der Waals surface area contributed by atoms with Crippen LogP contribution in [0.1, 0.15) is 32.1 Å². The molecular formula is C15H24O4S. The molecule has 0 aromatic heterocycles. The van der Waals surface area contributed by atoms with Crippen molar-refractivity contribution in [1.82, 2.24) is 0 Å². The highest BCUT2D eigenvalue weighted by Gasteiger charge is 2.52. The van der Waals surface area contributed by atoms with E-state index in [0.29, 0.717) is 6.42 Å². The van der Waals surface area contributed by atoms with E-state index in [9.17, 15) is 4.79 Å². The minimum Gasteiger partial charge on any atom is -0.469 e. The third kappa shape index (κ3) is 3.15. The fraction of sp³-hybridized carbons (Fsp3) is 0.933. The van der Waals surface area contributed by atoms with Crippen LogP contribution in [0.25, 0.3) is 0 Å². The molecule has 5 heteroatoms. The molecule has 3 fully saturated rings. The Hall–Kier alpha value is -0.260. The van der Waals surface area contributed by atoms with Gasteiger partial charge in [-0.15, -0.1) is 0 Å². The van der Waals surface area contributed by atoms with Crippen LogP contribution in [0.2, 0.25) is 0 Å². The van der Waals surface area contributed by atoms with Gasteiger partial charge in [-0.1, -0.05) is 0 Å². The number of carbonyl (C=O) groups excluding carboxylic acids is 1. The number of rotatable bonds is 5. The number of methoxy groups -OCH3 is 1. The van der Waals surface area contributed by atoms with Gasteiger partial charge in [0, 0.05) is 18.6 Å². The van der Waals surface area contributed by atoms with Gasteiger partial charge in [-0.25, -0.2) is 0 Å². The molecule has 1 aliphatic heterocycles. The van der Waals surface area contributed by atoms with E-state index in [0.717, 1.165) is 49.6 Å². The van der Waals surface area contributed by atoms with Crippen molar-refractivity contribution < 1.29 is 19.0 Å². The molecular weight excluding hydrogens is 276 g/mol. The number of carbonyl (C=O) groups is 1. The summed E-state index contributed by atoms with van der Waals surface area (Å²) in [6.07, 6.45) is 5.35. The molecule has 1 unspecified atom stereocenters. The van der Waals surface area contributed by atoms with Gasteiger partial charge in [0.25, 0.3) is 0 Å². The van der Waals surface area contributed by atoms with Gasteiger partial charge in [-0.2, -0.15) is 11.8 Å². The zero-order valence-corrected chi connectivity index (χ0v) is 13.0. The molecule has 1 heterocycles.